The second-order valence-corrected chi connectivity index (χ2v) is 8.77. The van der Waals surface area contributed by atoms with Crippen LogP contribution in [0.5, 0.6) is 11.5 Å². The third kappa shape index (κ3) is 5.76. The summed E-state index contributed by atoms with van der Waals surface area (Å²) >= 11 is 0. The van der Waals surface area contributed by atoms with Crippen LogP contribution in [0.15, 0.2) is 42.5 Å². The van der Waals surface area contributed by atoms with E-state index >= 15 is 0 Å². The number of aryl methyl sites for hydroxylation is 1. The van der Waals surface area contributed by atoms with Gasteiger partial charge in [-0.25, -0.2) is 0 Å². The van der Waals surface area contributed by atoms with Crippen LogP contribution in [0.3, 0.4) is 0 Å². The van der Waals surface area contributed by atoms with Gasteiger partial charge in [-0.15, -0.1) is 0 Å². The second-order valence-electron chi connectivity index (χ2n) is 8.77. The van der Waals surface area contributed by atoms with E-state index in [1.165, 1.54) is 6.42 Å². The molecular formula is C27H32N2O5. The lowest BCUT2D eigenvalue weighted by atomic mass is 10.1. The average Bonchev–Trinajstić information content (AvgIpc) is 2.88. The van der Waals surface area contributed by atoms with Crippen molar-refractivity contribution < 1.29 is 23.9 Å². The van der Waals surface area contributed by atoms with Gasteiger partial charge in [-0.3, -0.25) is 14.4 Å². The summed E-state index contributed by atoms with van der Waals surface area (Å²) in [6.07, 6.45) is 5.17. The van der Waals surface area contributed by atoms with Gasteiger partial charge in [-0.2, -0.15) is 0 Å². The van der Waals surface area contributed by atoms with Crippen molar-refractivity contribution in [2.24, 2.45) is 0 Å². The molecule has 180 valence electrons. The van der Waals surface area contributed by atoms with Crippen LogP contribution in [0.2, 0.25) is 0 Å². The van der Waals surface area contributed by atoms with Crippen LogP contribution in [0.1, 0.15) is 54.9 Å². The van der Waals surface area contributed by atoms with Crippen LogP contribution in [-0.2, 0) is 16.0 Å². The summed E-state index contributed by atoms with van der Waals surface area (Å²) in [4.78, 5) is 41.4. The van der Waals surface area contributed by atoms with Crippen LogP contribution in [0.4, 0.5) is 5.69 Å². The Bertz CT molecular complexity index is 1050. The van der Waals surface area contributed by atoms with Gasteiger partial charge in [0.1, 0.15) is 11.5 Å². The van der Waals surface area contributed by atoms with Crippen molar-refractivity contribution in [2.45, 2.75) is 45.4 Å². The van der Waals surface area contributed by atoms with Gasteiger partial charge in [0.25, 0.3) is 5.91 Å². The number of carbonyl (C=O) groups is 3. The van der Waals surface area contributed by atoms with Crippen LogP contribution in [-0.4, -0.2) is 55.3 Å². The normalized spacial score (nSPS) is 15.5. The predicted octanol–water partition coefficient (Wildman–Crippen LogP) is 4.03. The molecule has 2 amide bonds. The maximum atomic E-state index is 12.8. The topological polar surface area (TPSA) is 76.2 Å². The zero-order valence-electron chi connectivity index (χ0n) is 19.8. The highest BCUT2D eigenvalue weighted by atomic mass is 16.5. The van der Waals surface area contributed by atoms with Gasteiger partial charge in [0.15, 0.2) is 19.0 Å². The molecule has 2 aliphatic rings. The SMILES string of the molecule is CCc1cccc(OCC(=O)c2ccc3c(c2)N(CCCC(=O)N2CCCCC2)C(=O)CO3)c1. The molecule has 0 aromatic heterocycles. The maximum Gasteiger partial charge on any atom is 0.265 e. The van der Waals surface area contributed by atoms with Crippen molar-refractivity contribution in [3.8, 4) is 11.5 Å². The van der Waals surface area contributed by atoms with E-state index in [-0.39, 0.29) is 30.8 Å². The monoisotopic (exact) mass is 464 g/mol. The lowest BCUT2D eigenvalue weighted by Gasteiger charge is -2.30. The van der Waals surface area contributed by atoms with Gasteiger partial charge in [-0.05, 0) is 68.0 Å². The Hall–Kier alpha value is -3.35. The largest absolute Gasteiger partial charge is 0.485 e. The minimum Gasteiger partial charge on any atom is -0.485 e. The van der Waals surface area contributed by atoms with Crippen LogP contribution >= 0.6 is 0 Å². The molecule has 0 bridgehead atoms. The summed E-state index contributed by atoms with van der Waals surface area (Å²) in [6, 6.07) is 12.8. The van der Waals surface area contributed by atoms with Crippen LogP contribution in [0, 0.1) is 0 Å². The number of ketones is 1. The van der Waals surface area contributed by atoms with E-state index in [4.69, 9.17) is 9.47 Å². The third-order valence-electron chi connectivity index (χ3n) is 6.38. The Morgan fingerprint density at radius 1 is 1.06 bits per heavy atom. The fraction of sp³-hybridized carbons (Fsp3) is 0.444. The molecule has 0 spiro atoms. The Balaban J connectivity index is 1.38. The number of benzene rings is 2. The first kappa shape index (κ1) is 23.8. The van der Waals surface area contributed by atoms with Crippen LogP contribution < -0.4 is 14.4 Å². The summed E-state index contributed by atoms with van der Waals surface area (Å²) in [5, 5.41) is 0. The molecule has 0 saturated carbocycles. The van der Waals surface area contributed by atoms with Crippen molar-refractivity contribution >= 4 is 23.3 Å². The molecule has 2 aliphatic heterocycles. The molecule has 0 N–H and O–H groups in total. The first-order chi connectivity index (χ1) is 16.5. The third-order valence-corrected chi connectivity index (χ3v) is 6.38. The molecule has 0 unspecified atom stereocenters. The zero-order valence-corrected chi connectivity index (χ0v) is 19.8. The summed E-state index contributed by atoms with van der Waals surface area (Å²) in [6.45, 7) is 3.99. The Morgan fingerprint density at radius 2 is 1.88 bits per heavy atom. The summed E-state index contributed by atoms with van der Waals surface area (Å²) in [5.41, 5.74) is 2.17. The number of nitrogens with zero attached hydrogens (tertiary/aromatic N) is 2. The molecule has 2 heterocycles. The quantitative estimate of drug-likeness (QED) is 0.524. The zero-order chi connectivity index (χ0) is 23.9. The highest BCUT2D eigenvalue weighted by Crippen LogP contribution is 2.33. The fourth-order valence-corrected chi connectivity index (χ4v) is 4.40. The number of likely N-dealkylation sites (tertiary alicyclic amines) is 1. The predicted molar refractivity (Wildman–Crippen MR) is 130 cm³/mol. The molecule has 2 aromatic rings. The van der Waals surface area contributed by atoms with E-state index in [1.807, 2.05) is 29.2 Å². The number of rotatable bonds is 9. The smallest absolute Gasteiger partial charge is 0.265 e. The number of amides is 2. The van der Waals surface area contributed by atoms with E-state index in [2.05, 4.69) is 6.92 Å². The first-order valence-corrected chi connectivity index (χ1v) is 12.1. The summed E-state index contributed by atoms with van der Waals surface area (Å²) in [5.74, 6) is 1.02. The molecule has 4 rings (SSSR count). The van der Waals surface area contributed by atoms with Gasteiger partial charge in [0.2, 0.25) is 5.91 Å². The lowest BCUT2D eigenvalue weighted by Crippen LogP contribution is -2.40. The minimum absolute atomic E-state index is 0.0444. The van der Waals surface area contributed by atoms with Gasteiger partial charge >= 0.3 is 0 Å². The van der Waals surface area contributed by atoms with Gasteiger partial charge < -0.3 is 19.3 Å². The highest BCUT2D eigenvalue weighted by molar-refractivity contribution is 6.02. The van der Waals surface area contributed by atoms with E-state index in [0.29, 0.717) is 42.1 Å². The average molecular weight is 465 g/mol. The number of hydrogen-bond donors (Lipinski definition) is 0. The molecule has 34 heavy (non-hydrogen) atoms. The van der Waals surface area contributed by atoms with E-state index in [1.54, 1.807) is 23.1 Å². The molecule has 7 heteroatoms. The Labute approximate surface area is 200 Å². The number of fused-ring (bicyclic) bond motifs is 1. The molecular weight excluding hydrogens is 432 g/mol. The summed E-state index contributed by atoms with van der Waals surface area (Å²) in [7, 11) is 0. The van der Waals surface area contributed by atoms with Crippen molar-refractivity contribution in [2.75, 3.05) is 37.7 Å². The number of piperidine rings is 1. The fourth-order valence-electron chi connectivity index (χ4n) is 4.40. The number of anilines is 1. The maximum absolute atomic E-state index is 12.8. The van der Waals surface area contributed by atoms with Gasteiger partial charge in [-0.1, -0.05) is 19.1 Å². The Kier molecular flexibility index (Phi) is 7.83. The van der Waals surface area contributed by atoms with Gasteiger partial charge in [0, 0.05) is 31.6 Å². The Morgan fingerprint density at radius 3 is 2.68 bits per heavy atom. The highest BCUT2D eigenvalue weighted by Gasteiger charge is 2.27. The number of ether oxygens (including phenoxy) is 2. The van der Waals surface area contributed by atoms with Gasteiger partial charge in [0.05, 0.1) is 5.69 Å². The minimum atomic E-state index is -0.178. The molecule has 0 atom stereocenters. The number of carbonyl (C=O) groups excluding carboxylic acids is 3. The summed E-state index contributed by atoms with van der Waals surface area (Å²) < 4.78 is 11.3. The second kappa shape index (κ2) is 11.2. The molecule has 0 radical (unpaired) electrons. The number of Topliss-reactive ketones (excluding diaryl/α,β-unsaturated/α-hetero) is 1. The lowest BCUT2D eigenvalue weighted by molar-refractivity contribution is -0.132. The molecule has 2 aromatic carbocycles. The standard InChI is InChI=1S/C27H32N2O5/c1-2-20-8-6-9-22(16-20)33-18-24(30)21-11-12-25-23(17-21)29(27(32)19-34-25)15-7-10-26(31)28-13-4-3-5-14-28/h6,8-9,11-12,16-17H,2-5,7,10,13-15,18-19H2,1H3. The molecule has 1 saturated heterocycles. The van der Waals surface area contributed by atoms with E-state index in [9.17, 15) is 14.4 Å². The van der Waals surface area contributed by atoms with Crippen molar-refractivity contribution in [1.29, 1.82) is 0 Å². The van der Waals surface area contributed by atoms with E-state index < -0.39 is 0 Å². The van der Waals surface area contributed by atoms with Crippen LogP contribution in [0.25, 0.3) is 0 Å². The van der Waals surface area contributed by atoms with Crippen molar-refractivity contribution in [3.05, 3.63) is 53.6 Å². The van der Waals surface area contributed by atoms with Crippen molar-refractivity contribution in [3.63, 3.8) is 0 Å². The number of hydrogen-bond acceptors (Lipinski definition) is 5. The molecule has 1 fully saturated rings. The van der Waals surface area contributed by atoms with E-state index in [0.717, 1.165) is 37.9 Å². The molecule has 0 aliphatic carbocycles. The van der Waals surface area contributed by atoms with Crippen molar-refractivity contribution in [1.82, 2.24) is 4.90 Å². The molecule has 7 nitrogen and oxygen atoms in total. The first-order valence-electron chi connectivity index (χ1n) is 12.1.